The van der Waals surface area contributed by atoms with Gasteiger partial charge in [0.05, 0.1) is 11.1 Å². The van der Waals surface area contributed by atoms with Crippen molar-refractivity contribution in [3.05, 3.63) is 99.6 Å². The first kappa shape index (κ1) is 19.3. The number of hydrogen-bond acceptors (Lipinski definition) is 6. The van der Waals surface area contributed by atoms with E-state index >= 15 is 0 Å². The Morgan fingerprint density at radius 3 is 2.48 bits per heavy atom. The zero-order valence-electron chi connectivity index (χ0n) is 15.0. The van der Waals surface area contributed by atoms with Crippen LogP contribution in [0.4, 0.5) is 5.69 Å². The summed E-state index contributed by atoms with van der Waals surface area (Å²) in [5.41, 5.74) is 3.54. The van der Waals surface area contributed by atoms with Crippen molar-refractivity contribution in [1.82, 2.24) is 5.43 Å². The summed E-state index contributed by atoms with van der Waals surface area (Å²) in [6.07, 6.45) is 1.48. The van der Waals surface area contributed by atoms with Crippen molar-refractivity contribution in [2.45, 2.75) is 0 Å². The number of carbonyl (C=O) groups is 1. The maximum Gasteiger partial charge on any atom is 0.271 e. The van der Waals surface area contributed by atoms with Crippen LogP contribution in [0.1, 0.15) is 21.5 Å². The Balaban J connectivity index is 1.64. The minimum Gasteiger partial charge on any atom is -0.456 e. The molecule has 1 amide bonds. The molecule has 142 valence electrons. The van der Waals surface area contributed by atoms with Gasteiger partial charge >= 0.3 is 0 Å². The molecular formula is C21H14N4O4. The average molecular weight is 386 g/mol. The lowest BCUT2D eigenvalue weighted by molar-refractivity contribution is -0.384. The molecule has 0 heterocycles. The molecule has 0 aliphatic rings. The van der Waals surface area contributed by atoms with Crippen LogP contribution in [0, 0.1) is 21.4 Å². The monoisotopic (exact) mass is 386 g/mol. The number of nitro groups is 1. The number of amides is 1. The number of benzene rings is 3. The molecule has 3 rings (SSSR count). The van der Waals surface area contributed by atoms with Crippen molar-refractivity contribution >= 4 is 17.8 Å². The summed E-state index contributed by atoms with van der Waals surface area (Å²) in [4.78, 5) is 22.1. The second kappa shape index (κ2) is 8.92. The zero-order valence-corrected chi connectivity index (χ0v) is 15.0. The highest BCUT2D eigenvalue weighted by atomic mass is 16.6. The number of non-ortho nitro benzene ring substituents is 1. The van der Waals surface area contributed by atoms with Gasteiger partial charge in [0.25, 0.3) is 11.6 Å². The third-order valence-corrected chi connectivity index (χ3v) is 3.82. The van der Waals surface area contributed by atoms with Gasteiger partial charge in [0.2, 0.25) is 0 Å². The molecule has 1 N–H and O–H groups in total. The molecule has 0 saturated heterocycles. The Hall–Kier alpha value is -4.51. The number of nitriles is 1. The van der Waals surface area contributed by atoms with E-state index in [9.17, 15) is 14.9 Å². The van der Waals surface area contributed by atoms with E-state index in [0.717, 1.165) is 11.6 Å². The van der Waals surface area contributed by atoms with Crippen LogP contribution in [0.2, 0.25) is 0 Å². The van der Waals surface area contributed by atoms with Gasteiger partial charge in [-0.15, -0.1) is 0 Å². The second-order valence-electron chi connectivity index (χ2n) is 5.79. The first-order valence-electron chi connectivity index (χ1n) is 8.42. The van der Waals surface area contributed by atoms with E-state index in [1.54, 1.807) is 48.5 Å². The lowest BCUT2D eigenvalue weighted by Crippen LogP contribution is -2.17. The smallest absolute Gasteiger partial charge is 0.271 e. The Morgan fingerprint density at radius 2 is 1.83 bits per heavy atom. The first-order chi connectivity index (χ1) is 14.1. The van der Waals surface area contributed by atoms with Crippen molar-refractivity contribution in [1.29, 1.82) is 5.26 Å². The van der Waals surface area contributed by atoms with E-state index in [0.29, 0.717) is 11.3 Å². The molecule has 0 saturated carbocycles. The van der Waals surface area contributed by atoms with Gasteiger partial charge in [-0.25, -0.2) is 5.43 Å². The van der Waals surface area contributed by atoms with Crippen LogP contribution in [0.3, 0.4) is 0 Å². The standard InChI is InChI=1S/C21H14N4O4/c22-13-17-12-18(25(27)28)8-11-20(17)29-19-9-6-15(7-10-19)14-23-24-21(26)16-4-2-1-3-5-16/h1-12,14H,(H,24,26)/b23-14-. The van der Waals surface area contributed by atoms with Crippen LogP contribution in [0.25, 0.3) is 0 Å². The van der Waals surface area contributed by atoms with Crippen LogP contribution in [-0.2, 0) is 0 Å². The lowest BCUT2D eigenvalue weighted by Gasteiger charge is -2.07. The SMILES string of the molecule is N#Cc1cc([N+](=O)[O-])ccc1Oc1ccc(/C=N\NC(=O)c2ccccc2)cc1. The molecule has 0 aliphatic carbocycles. The largest absolute Gasteiger partial charge is 0.456 e. The molecule has 0 bridgehead atoms. The number of nitrogens with one attached hydrogen (secondary N) is 1. The molecule has 8 heteroatoms. The van der Waals surface area contributed by atoms with Gasteiger partial charge in [-0.3, -0.25) is 14.9 Å². The normalized spacial score (nSPS) is 10.3. The first-order valence-corrected chi connectivity index (χ1v) is 8.42. The van der Waals surface area contributed by atoms with Crippen LogP contribution in [0.5, 0.6) is 11.5 Å². The Kier molecular flexibility index (Phi) is 5.93. The van der Waals surface area contributed by atoms with Crippen LogP contribution in [0.15, 0.2) is 77.9 Å². The molecule has 0 aromatic heterocycles. The second-order valence-corrected chi connectivity index (χ2v) is 5.79. The van der Waals surface area contributed by atoms with Crippen LogP contribution in [-0.4, -0.2) is 17.0 Å². The van der Waals surface area contributed by atoms with Gasteiger partial charge in [-0.05, 0) is 48.0 Å². The topological polar surface area (TPSA) is 118 Å². The maximum absolute atomic E-state index is 11.9. The van der Waals surface area contributed by atoms with Crippen molar-refractivity contribution in [3.63, 3.8) is 0 Å². The van der Waals surface area contributed by atoms with Gasteiger partial charge in [-0.1, -0.05) is 18.2 Å². The van der Waals surface area contributed by atoms with Crippen molar-refractivity contribution in [3.8, 4) is 17.6 Å². The highest BCUT2D eigenvalue weighted by Gasteiger charge is 2.12. The summed E-state index contributed by atoms with van der Waals surface area (Å²) < 4.78 is 5.63. The summed E-state index contributed by atoms with van der Waals surface area (Å²) in [6.45, 7) is 0. The van der Waals surface area contributed by atoms with E-state index in [4.69, 9.17) is 10.00 Å². The highest BCUT2D eigenvalue weighted by Crippen LogP contribution is 2.28. The van der Waals surface area contributed by atoms with Gasteiger partial charge in [0.1, 0.15) is 23.1 Å². The highest BCUT2D eigenvalue weighted by molar-refractivity contribution is 5.94. The fraction of sp³-hybridized carbons (Fsp3) is 0. The summed E-state index contributed by atoms with van der Waals surface area (Å²) in [5.74, 6) is 0.347. The van der Waals surface area contributed by atoms with Gasteiger partial charge in [0.15, 0.2) is 0 Å². The molecule has 3 aromatic carbocycles. The number of hydrogen-bond donors (Lipinski definition) is 1. The van der Waals surface area contributed by atoms with Crippen LogP contribution >= 0.6 is 0 Å². The molecule has 0 spiro atoms. The average Bonchev–Trinajstić information content (AvgIpc) is 2.75. The zero-order chi connectivity index (χ0) is 20.6. The number of carbonyl (C=O) groups excluding carboxylic acids is 1. The van der Waals surface area contributed by atoms with E-state index in [1.165, 1.54) is 18.3 Å². The summed E-state index contributed by atoms with van der Waals surface area (Å²) in [6, 6.07) is 21.1. The van der Waals surface area contributed by atoms with Gasteiger partial charge in [0, 0.05) is 17.7 Å². The van der Waals surface area contributed by atoms with Gasteiger partial charge < -0.3 is 4.74 Å². The quantitative estimate of drug-likeness (QED) is 0.390. The fourth-order valence-corrected chi connectivity index (χ4v) is 2.38. The minimum absolute atomic E-state index is 0.0634. The molecule has 0 atom stereocenters. The third-order valence-electron chi connectivity index (χ3n) is 3.82. The number of rotatable bonds is 6. The molecule has 0 unspecified atom stereocenters. The van der Waals surface area contributed by atoms with Gasteiger partial charge in [-0.2, -0.15) is 10.4 Å². The molecule has 0 aliphatic heterocycles. The van der Waals surface area contributed by atoms with E-state index in [1.807, 2.05) is 12.1 Å². The molecule has 3 aromatic rings. The van der Waals surface area contributed by atoms with Crippen molar-refractivity contribution in [2.24, 2.45) is 5.10 Å². The third kappa shape index (κ3) is 5.02. The molecule has 8 nitrogen and oxygen atoms in total. The molecule has 0 radical (unpaired) electrons. The molecular weight excluding hydrogens is 372 g/mol. The predicted molar refractivity (Wildman–Crippen MR) is 106 cm³/mol. The fourth-order valence-electron chi connectivity index (χ4n) is 2.38. The summed E-state index contributed by atoms with van der Waals surface area (Å²) in [7, 11) is 0. The number of hydrazone groups is 1. The predicted octanol–water partition coefficient (Wildman–Crippen LogP) is 4.02. The number of ether oxygens (including phenoxy) is 1. The number of nitro benzene ring substituents is 1. The van der Waals surface area contributed by atoms with Crippen molar-refractivity contribution in [2.75, 3.05) is 0 Å². The Labute approximate surface area is 165 Å². The summed E-state index contributed by atoms with van der Waals surface area (Å²) >= 11 is 0. The Bertz CT molecular complexity index is 1100. The van der Waals surface area contributed by atoms with Crippen molar-refractivity contribution < 1.29 is 14.5 Å². The summed E-state index contributed by atoms with van der Waals surface area (Å²) in [5, 5.41) is 23.9. The minimum atomic E-state index is -0.574. The number of nitrogens with zero attached hydrogens (tertiary/aromatic N) is 3. The van der Waals surface area contributed by atoms with E-state index < -0.39 is 4.92 Å². The Morgan fingerprint density at radius 1 is 1.10 bits per heavy atom. The van der Waals surface area contributed by atoms with E-state index in [2.05, 4.69) is 10.5 Å². The maximum atomic E-state index is 11.9. The lowest BCUT2D eigenvalue weighted by atomic mass is 10.2. The van der Waals surface area contributed by atoms with E-state index in [-0.39, 0.29) is 22.9 Å². The molecule has 29 heavy (non-hydrogen) atoms. The van der Waals surface area contributed by atoms with Crippen LogP contribution < -0.4 is 10.2 Å². The molecule has 0 fully saturated rings.